The molecule has 0 aliphatic carbocycles. The molecule has 0 amide bonds. The van der Waals surface area contributed by atoms with Gasteiger partial charge in [-0.25, -0.2) is 13.7 Å². The quantitative estimate of drug-likeness (QED) is 0.139. The van der Waals surface area contributed by atoms with Crippen molar-refractivity contribution in [3.8, 4) is 11.8 Å². The van der Waals surface area contributed by atoms with E-state index in [-0.39, 0.29) is 17.0 Å². The van der Waals surface area contributed by atoms with Gasteiger partial charge in [0, 0.05) is 6.20 Å². The summed E-state index contributed by atoms with van der Waals surface area (Å²) in [4.78, 5) is 54.9. The number of nitrogens with zero attached hydrogens (tertiary/aromatic N) is 2. The molecule has 7 atom stereocenters. The lowest BCUT2D eigenvalue weighted by atomic mass is 9.90. The number of nitrogens with two attached hydrogens (primary N) is 2. The van der Waals surface area contributed by atoms with Crippen LogP contribution in [0.3, 0.4) is 0 Å². The summed E-state index contributed by atoms with van der Waals surface area (Å²) < 4.78 is 53.7. The topological polar surface area (TPSA) is 292 Å². The van der Waals surface area contributed by atoms with Crippen molar-refractivity contribution in [3.63, 3.8) is 0 Å². The van der Waals surface area contributed by atoms with E-state index in [9.17, 15) is 33.4 Å². The molecule has 0 aromatic carbocycles. The number of phosphoric ester groups is 1. The van der Waals surface area contributed by atoms with Gasteiger partial charge in [0.15, 0.2) is 17.4 Å². The van der Waals surface area contributed by atoms with Gasteiger partial charge in [0.25, 0.3) is 5.56 Å². The van der Waals surface area contributed by atoms with Gasteiger partial charge >= 0.3 is 23.5 Å². The van der Waals surface area contributed by atoms with E-state index in [1.165, 1.54) is 23.8 Å². The van der Waals surface area contributed by atoms with Gasteiger partial charge in [0.2, 0.25) is 5.95 Å². The molecule has 21 heteroatoms. The highest BCUT2D eigenvalue weighted by molar-refractivity contribution is 7.66. The lowest BCUT2D eigenvalue weighted by Gasteiger charge is -2.28. The van der Waals surface area contributed by atoms with Gasteiger partial charge in [-0.3, -0.25) is 14.3 Å². The van der Waals surface area contributed by atoms with E-state index in [1.54, 1.807) is 0 Å². The highest BCUT2D eigenvalue weighted by Crippen LogP contribution is 2.66. The summed E-state index contributed by atoms with van der Waals surface area (Å²) in [7, 11) is -16.9. The molecule has 36 heavy (non-hydrogen) atoms. The second-order valence-electron chi connectivity index (χ2n) is 7.52. The van der Waals surface area contributed by atoms with Crippen LogP contribution >= 0.6 is 23.5 Å². The Morgan fingerprint density at radius 1 is 1.25 bits per heavy atom. The highest BCUT2D eigenvalue weighted by atomic mass is 31.3. The number of aliphatic hydroxyl groups is 1. The first kappa shape index (κ1) is 28.6. The Morgan fingerprint density at radius 3 is 2.47 bits per heavy atom. The van der Waals surface area contributed by atoms with Gasteiger partial charge in [0.1, 0.15) is 12.2 Å². The first-order chi connectivity index (χ1) is 16.4. The molecule has 0 saturated carbocycles. The number of hydrogen-bond donors (Lipinski definition) is 8. The van der Waals surface area contributed by atoms with E-state index in [1.807, 2.05) is 0 Å². The van der Waals surface area contributed by atoms with E-state index in [0.29, 0.717) is 0 Å². The van der Waals surface area contributed by atoms with Crippen LogP contribution in [0.2, 0.25) is 0 Å². The van der Waals surface area contributed by atoms with Crippen molar-refractivity contribution in [1.82, 2.24) is 14.5 Å². The predicted molar refractivity (Wildman–Crippen MR) is 119 cm³/mol. The second-order valence-corrected chi connectivity index (χ2v) is 11.9. The summed E-state index contributed by atoms with van der Waals surface area (Å²) in [6.07, 6.45) is -4.88. The van der Waals surface area contributed by atoms with Crippen LogP contribution in [-0.2, 0) is 31.6 Å². The van der Waals surface area contributed by atoms with E-state index >= 15 is 0 Å². The minimum atomic E-state index is -5.77. The minimum absolute atomic E-state index is 0.0161. The number of hydrogen-bond acceptors (Lipinski definition) is 12. The molecule has 1 aliphatic rings. The number of phosphoric acid groups is 3. The van der Waals surface area contributed by atoms with Crippen molar-refractivity contribution in [1.29, 1.82) is 0 Å². The van der Waals surface area contributed by atoms with Crippen molar-refractivity contribution >= 4 is 40.4 Å². The third-order valence-electron chi connectivity index (χ3n) is 4.87. The van der Waals surface area contributed by atoms with Gasteiger partial charge in [0.05, 0.1) is 11.5 Å². The molecule has 3 heterocycles. The van der Waals surface area contributed by atoms with Gasteiger partial charge in [-0.2, -0.15) is 13.6 Å². The largest absolute Gasteiger partial charge is 0.490 e. The summed E-state index contributed by atoms with van der Waals surface area (Å²) in [6.45, 7) is 2.51. The van der Waals surface area contributed by atoms with Crippen LogP contribution in [0.25, 0.3) is 11.0 Å². The monoisotopic (exact) mass is 573 g/mol. The van der Waals surface area contributed by atoms with Crippen LogP contribution in [0, 0.1) is 11.8 Å². The molecule has 1 saturated heterocycles. The Balaban J connectivity index is 1.92. The number of fused-ring (bicyclic) bond motifs is 1. The van der Waals surface area contributed by atoms with E-state index < -0.39 is 59.1 Å². The maximum absolute atomic E-state index is 12.2. The predicted octanol–water partition coefficient (Wildman–Crippen LogP) is -0.982. The summed E-state index contributed by atoms with van der Waals surface area (Å²) in [5.74, 6) is 4.90. The lowest BCUT2D eigenvalue weighted by Crippen LogP contribution is -2.54. The van der Waals surface area contributed by atoms with Crippen molar-refractivity contribution in [2.24, 2.45) is 5.73 Å². The zero-order valence-corrected chi connectivity index (χ0v) is 21.0. The van der Waals surface area contributed by atoms with Crippen LogP contribution in [0.15, 0.2) is 17.1 Å². The van der Waals surface area contributed by atoms with Gasteiger partial charge in [-0.1, -0.05) is 5.92 Å². The number of nitrogens with one attached hydrogen (secondary N) is 1. The summed E-state index contributed by atoms with van der Waals surface area (Å²) >= 11 is 0. The van der Waals surface area contributed by atoms with Crippen molar-refractivity contribution in [3.05, 3.63) is 22.6 Å². The maximum Gasteiger partial charge on any atom is 0.490 e. The van der Waals surface area contributed by atoms with Crippen LogP contribution in [0.1, 0.15) is 20.1 Å². The Morgan fingerprint density at radius 2 is 1.89 bits per heavy atom. The molecular weight excluding hydrogens is 551 g/mol. The first-order valence-electron chi connectivity index (χ1n) is 9.64. The van der Waals surface area contributed by atoms with E-state index in [2.05, 4.69) is 30.4 Å². The second kappa shape index (κ2) is 9.75. The molecule has 200 valence electrons. The molecule has 0 radical (unpaired) electrons. The zero-order chi connectivity index (χ0) is 27.3. The molecule has 18 nitrogen and oxygen atoms in total. The SMILES string of the molecule is CC#CC1(N)[C@@H](O)[C@@H]([C@@H](C)OP(=O)(O)OP(=O)(O)OP(=O)(O)O)O[C@H]1n1ccc2c(=O)[nH]c(N)nc21. The number of anilines is 1. The Hall–Kier alpha value is -1.93. The number of H-pyrrole nitrogens is 1. The van der Waals surface area contributed by atoms with E-state index in [4.69, 9.17) is 30.5 Å². The molecule has 0 spiro atoms. The smallest absolute Gasteiger partial charge is 0.387 e. The zero-order valence-electron chi connectivity index (χ0n) is 18.4. The maximum atomic E-state index is 12.2. The van der Waals surface area contributed by atoms with Gasteiger partial charge in [-0.15, -0.1) is 5.92 Å². The van der Waals surface area contributed by atoms with Gasteiger partial charge < -0.3 is 45.5 Å². The number of aromatic amines is 1. The van der Waals surface area contributed by atoms with Crippen molar-refractivity contribution in [2.75, 3.05) is 5.73 Å². The molecule has 0 bridgehead atoms. The number of aromatic nitrogens is 3. The third kappa shape index (κ3) is 5.96. The van der Waals surface area contributed by atoms with Crippen LogP contribution in [-0.4, -0.2) is 63.1 Å². The molecule has 1 aliphatic heterocycles. The van der Waals surface area contributed by atoms with Crippen LogP contribution in [0.5, 0.6) is 0 Å². The third-order valence-corrected chi connectivity index (χ3v) is 8.79. The lowest BCUT2D eigenvalue weighted by molar-refractivity contribution is -0.0732. The normalized spacial score (nSPS) is 28.7. The number of rotatable bonds is 8. The highest BCUT2D eigenvalue weighted by Gasteiger charge is 2.57. The van der Waals surface area contributed by atoms with Crippen molar-refractivity contribution < 1.29 is 56.3 Å². The molecule has 3 unspecified atom stereocenters. The molecular formula is C15H22N5O13P3. The van der Waals surface area contributed by atoms with E-state index in [0.717, 1.165) is 6.92 Å². The first-order valence-corrected chi connectivity index (χ1v) is 14.2. The number of nitrogen functional groups attached to an aromatic ring is 1. The molecule has 2 aromatic rings. The Labute approximate surface area is 201 Å². The standard InChI is InChI=1S/C15H22N5O13P3/c1-3-5-15(17)10(21)9(7(2)31-35(26,27)33-36(28,29)32-34(23,24)25)30-13(15)20-6-4-8-11(20)18-14(16)19-12(8)22/h4,6-7,9-10,13,21H,17H2,1-2H3,(H,26,27)(H,28,29)(H2,23,24,25)(H3,16,18,19,22)/t7-,9-,10+,13-,15?/m1/s1. The summed E-state index contributed by atoms with van der Waals surface area (Å²) in [5, 5.41) is 11.0. The fraction of sp³-hybridized carbons (Fsp3) is 0.467. The van der Waals surface area contributed by atoms with Crippen LogP contribution in [0.4, 0.5) is 5.95 Å². The molecule has 2 aromatic heterocycles. The van der Waals surface area contributed by atoms with Crippen molar-refractivity contribution in [2.45, 2.75) is 43.9 Å². The number of ether oxygens (including phenoxy) is 1. The minimum Gasteiger partial charge on any atom is -0.387 e. The summed E-state index contributed by atoms with van der Waals surface area (Å²) in [6, 6.07) is 1.37. The molecule has 1 fully saturated rings. The average molecular weight is 573 g/mol. The Bertz CT molecular complexity index is 1430. The fourth-order valence-corrected chi connectivity index (χ4v) is 6.79. The summed E-state index contributed by atoms with van der Waals surface area (Å²) in [5.41, 5.74) is 9.51. The van der Waals surface area contributed by atoms with Gasteiger partial charge in [-0.05, 0) is 19.9 Å². The number of aliphatic hydroxyl groups excluding tert-OH is 1. The molecule has 3 rings (SSSR count). The molecule has 10 N–H and O–H groups in total. The van der Waals surface area contributed by atoms with Crippen LogP contribution < -0.4 is 17.0 Å². The Kier molecular flexibility index (Phi) is 7.75. The average Bonchev–Trinajstić information content (AvgIpc) is 3.18. The fourth-order valence-electron chi connectivity index (χ4n) is 3.59.